The second-order valence-corrected chi connectivity index (χ2v) is 18.7. The molecule has 4 aliphatic rings. The molecule has 1 aromatic heterocycles. The van der Waals surface area contributed by atoms with Crippen LogP contribution in [0.3, 0.4) is 0 Å². The van der Waals surface area contributed by atoms with Crippen molar-refractivity contribution in [3.8, 4) is 73.6 Å². The predicted octanol–water partition coefficient (Wildman–Crippen LogP) is 14.0. The van der Waals surface area contributed by atoms with Gasteiger partial charge in [-0.15, -0.1) is 0 Å². The van der Waals surface area contributed by atoms with Crippen LogP contribution in [-0.4, -0.2) is 15.0 Å². The normalized spacial score (nSPS) is 22.2. The van der Waals surface area contributed by atoms with Crippen molar-refractivity contribution in [1.82, 2.24) is 15.0 Å². The smallest absolute Gasteiger partial charge is 0.164 e. The van der Waals surface area contributed by atoms with E-state index in [9.17, 15) is 5.26 Å². The van der Waals surface area contributed by atoms with Gasteiger partial charge in [0.25, 0.3) is 0 Å². The zero-order chi connectivity index (χ0) is 40.4. The molecule has 6 aromatic carbocycles. The Morgan fingerprint density at radius 1 is 0.500 bits per heavy atom. The van der Waals surface area contributed by atoms with Gasteiger partial charge in [0, 0.05) is 22.1 Å². The molecule has 2 unspecified atom stereocenters. The summed E-state index contributed by atoms with van der Waals surface area (Å²) in [5, 5.41) is 9.70. The number of aromatic nitrogens is 3. The molecular formula is C56H50N4. The average Bonchev–Trinajstić information content (AvgIpc) is 3.89. The third-order valence-electron chi connectivity index (χ3n) is 14.7. The van der Waals surface area contributed by atoms with E-state index in [1.165, 1.54) is 85.6 Å². The number of benzene rings is 6. The first kappa shape index (κ1) is 36.9. The zero-order valence-corrected chi connectivity index (χ0v) is 34.7. The monoisotopic (exact) mass is 778 g/mol. The summed E-state index contributed by atoms with van der Waals surface area (Å²) >= 11 is 0. The maximum atomic E-state index is 9.70. The lowest BCUT2D eigenvalue weighted by Crippen LogP contribution is -2.42. The van der Waals surface area contributed by atoms with Gasteiger partial charge in [0.1, 0.15) is 0 Å². The van der Waals surface area contributed by atoms with Gasteiger partial charge in [-0.25, -0.2) is 15.0 Å². The molecule has 60 heavy (non-hydrogen) atoms. The highest BCUT2D eigenvalue weighted by atomic mass is 15.0. The maximum absolute atomic E-state index is 9.70. The van der Waals surface area contributed by atoms with Gasteiger partial charge >= 0.3 is 0 Å². The van der Waals surface area contributed by atoms with Gasteiger partial charge in [0.15, 0.2) is 17.5 Å². The summed E-state index contributed by atoms with van der Waals surface area (Å²) in [5.41, 5.74) is 15.2. The number of nitrogens with zero attached hydrogens (tertiary/aromatic N) is 4. The van der Waals surface area contributed by atoms with E-state index in [2.05, 4.69) is 141 Å². The summed E-state index contributed by atoms with van der Waals surface area (Å²) in [6.45, 7) is 4.93. The lowest BCUT2D eigenvalue weighted by atomic mass is 9.54. The molecule has 4 nitrogen and oxygen atoms in total. The van der Waals surface area contributed by atoms with Crippen molar-refractivity contribution in [2.75, 3.05) is 0 Å². The van der Waals surface area contributed by atoms with Crippen LogP contribution in [0.5, 0.6) is 0 Å². The first-order chi connectivity index (χ1) is 29.4. The van der Waals surface area contributed by atoms with Crippen LogP contribution in [0.2, 0.25) is 0 Å². The van der Waals surface area contributed by atoms with Gasteiger partial charge in [0.2, 0.25) is 0 Å². The van der Waals surface area contributed by atoms with E-state index in [-0.39, 0.29) is 10.8 Å². The Morgan fingerprint density at radius 3 is 1.88 bits per heavy atom. The Balaban J connectivity index is 1.07. The molecule has 0 aliphatic heterocycles. The summed E-state index contributed by atoms with van der Waals surface area (Å²) in [6, 6.07) is 52.5. The largest absolute Gasteiger partial charge is 0.208 e. The van der Waals surface area contributed by atoms with Gasteiger partial charge in [-0.3, -0.25) is 0 Å². The Bertz CT molecular complexity index is 2790. The molecule has 7 aromatic rings. The van der Waals surface area contributed by atoms with Crippen molar-refractivity contribution < 1.29 is 0 Å². The van der Waals surface area contributed by atoms with Crippen LogP contribution >= 0.6 is 0 Å². The maximum Gasteiger partial charge on any atom is 0.164 e. The molecule has 0 saturated heterocycles. The first-order valence-corrected chi connectivity index (χ1v) is 22.2. The van der Waals surface area contributed by atoms with E-state index in [1.807, 2.05) is 18.2 Å². The van der Waals surface area contributed by atoms with Crippen LogP contribution in [0.25, 0.3) is 67.5 Å². The molecule has 294 valence electrons. The Morgan fingerprint density at radius 2 is 1.12 bits per heavy atom. The summed E-state index contributed by atoms with van der Waals surface area (Å²) in [7, 11) is 0. The molecule has 0 amide bonds. The van der Waals surface area contributed by atoms with Gasteiger partial charge in [-0.05, 0) is 149 Å². The van der Waals surface area contributed by atoms with Crippen molar-refractivity contribution in [3.63, 3.8) is 0 Å². The van der Waals surface area contributed by atoms with Crippen LogP contribution in [0, 0.1) is 29.1 Å². The lowest BCUT2D eigenvalue weighted by Gasteiger charge is -2.50. The molecule has 3 fully saturated rings. The minimum atomic E-state index is 0.0429. The number of hydrogen-bond donors (Lipinski definition) is 0. The summed E-state index contributed by atoms with van der Waals surface area (Å²) < 4.78 is 0. The number of fused-ring (bicyclic) bond motifs is 7. The van der Waals surface area contributed by atoms with Gasteiger partial charge in [-0.1, -0.05) is 136 Å². The highest BCUT2D eigenvalue weighted by molar-refractivity contribution is 5.87. The number of nitriles is 1. The average molecular weight is 779 g/mol. The highest BCUT2D eigenvalue weighted by Gasteiger charge is 2.46. The topological polar surface area (TPSA) is 62.5 Å². The van der Waals surface area contributed by atoms with E-state index < -0.39 is 0 Å². The van der Waals surface area contributed by atoms with Crippen molar-refractivity contribution >= 4 is 0 Å². The summed E-state index contributed by atoms with van der Waals surface area (Å²) in [6.07, 6.45) is 11.4. The van der Waals surface area contributed by atoms with E-state index in [4.69, 9.17) is 15.0 Å². The minimum Gasteiger partial charge on any atom is -0.208 e. The van der Waals surface area contributed by atoms with Crippen LogP contribution in [0.4, 0.5) is 0 Å². The van der Waals surface area contributed by atoms with Gasteiger partial charge in [-0.2, -0.15) is 5.26 Å². The lowest BCUT2D eigenvalue weighted by molar-refractivity contribution is 0.0780. The standard InChI is InChI=1S/C56H50N4/c1-36-27-39-28-37(2)33-55(32-36,34-39)45-21-17-41(18-22-45)52-58-53(44-20-23-47-46-15-6-7-16-50(46)56(51(47)31-44)25-8-9-26-56)60-54(59-52)48-24-19-43(42-14-10-11-38(29-42)35-57)30-49(48)40-12-4-3-5-13-40/h3-7,10-24,29-31,36-37,39H,8-9,25-28,32-34H2,1-2H3/t36-,37+,39?,55?. The van der Waals surface area contributed by atoms with Gasteiger partial charge in [0.05, 0.1) is 11.6 Å². The summed E-state index contributed by atoms with van der Waals surface area (Å²) in [5.74, 6) is 4.38. The Hall–Kier alpha value is -6.18. The Labute approximate surface area is 354 Å². The second-order valence-electron chi connectivity index (χ2n) is 18.7. The van der Waals surface area contributed by atoms with E-state index in [0.717, 1.165) is 56.7 Å². The molecule has 1 heterocycles. The summed E-state index contributed by atoms with van der Waals surface area (Å²) in [4.78, 5) is 16.1. The highest BCUT2D eigenvalue weighted by Crippen LogP contribution is 2.58. The molecule has 0 radical (unpaired) electrons. The molecule has 1 spiro atoms. The quantitative estimate of drug-likeness (QED) is 0.169. The first-order valence-electron chi connectivity index (χ1n) is 22.2. The third-order valence-corrected chi connectivity index (χ3v) is 14.7. The molecule has 4 heteroatoms. The van der Waals surface area contributed by atoms with Crippen LogP contribution in [0.1, 0.15) is 93.9 Å². The second kappa shape index (κ2) is 14.5. The number of hydrogen-bond acceptors (Lipinski definition) is 4. The molecule has 0 N–H and O–H groups in total. The molecular weight excluding hydrogens is 729 g/mol. The fraction of sp³-hybridized carbons (Fsp3) is 0.286. The SMILES string of the molecule is C[C@@H]1CC2C[C@H](C)CC(c3ccc(-c4nc(-c5ccc6c(c5)C5(CCCC5)c5ccccc5-6)nc(-c5ccc(-c6cccc(C#N)c6)cc5-c5ccccc5)n4)cc3)(C2)C1. The van der Waals surface area contributed by atoms with Gasteiger partial charge < -0.3 is 0 Å². The molecule has 4 aliphatic carbocycles. The van der Waals surface area contributed by atoms with Crippen molar-refractivity contribution in [3.05, 3.63) is 162 Å². The molecule has 4 atom stereocenters. The van der Waals surface area contributed by atoms with E-state index in [1.54, 1.807) is 0 Å². The fourth-order valence-electron chi connectivity index (χ4n) is 12.4. The van der Waals surface area contributed by atoms with Crippen molar-refractivity contribution in [1.29, 1.82) is 5.26 Å². The van der Waals surface area contributed by atoms with Crippen LogP contribution in [-0.2, 0) is 10.8 Å². The van der Waals surface area contributed by atoms with Crippen LogP contribution in [0.15, 0.2) is 140 Å². The third kappa shape index (κ3) is 6.21. The van der Waals surface area contributed by atoms with Crippen molar-refractivity contribution in [2.24, 2.45) is 17.8 Å². The molecule has 3 saturated carbocycles. The Kier molecular flexibility index (Phi) is 8.92. The molecule has 11 rings (SSSR count). The molecule has 2 bridgehead atoms. The zero-order valence-electron chi connectivity index (χ0n) is 34.7. The van der Waals surface area contributed by atoms with Crippen LogP contribution < -0.4 is 0 Å². The predicted molar refractivity (Wildman–Crippen MR) is 243 cm³/mol. The minimum absolute atomic E-state index is 0.0429. The van der Waals surface area contributed by atoms with Crippen molar-refractivity contribution in [2.45, 2.75) is 82.5 Å². The number of rotatable bonds is 6. The van der Waals surface area contributed by atoms with E-state index >= 15 is 0 Å². The fourth-order valence-corrected chi connectivity index (χ4v) is 12.4. The van der Waals surface area contributed by atoms with E-state index in [0.29, 0.717) is 23.0 Å².